The number of fused-ring (bicyclic) bond motifs is 1. The highest BCUT2D eigenvalue weighted by molar-refractivity contribution is 6.01. The zero-order valence-corrected chi connectivity index (χ0v) is 12.7. The first-order valence-corrected chi connectivity index (χ1v) is 7.35. The topological polar surface area (TPSA) is 101 Å². The number of amides is 2. The lowest BCUT2D eigenvalue weighted by molar-refractivity contribution is -0.117. The Morgan fingerprint density at radius 3 is 2.62 bits per heavy atom. The van der Waals surface area contributed by atoms with Crippen LogP contribution in [0.1, 0.15) is 16.8 Å². The Labute approximate surface area is 136 Å². The summed E-state index contributed by atoms with van der Waals surface area (Å²) in [5.74, 6) is -1.10. The number of rotatable bonds is 5. The van der Waals surface area contributed by atoms with Crippen molar-refractivity contribution in [2.24, 2.45) is 5.73 Å². The van der Waals surface area contributed by atoms with Crippen molar-refractivity contribution < 1.29 is 14.0 Å². The van der Waals surface area contributed by atoms with Gasteiger partial charge in [-0.25, -0.2) is 4.39 Å². The molecule has 4 N–H and O–H groups in total. The summed E-state index contributed by atoms with van der Waals surface area (Å²) in [5, 5.41) is 10.5. The summed E-state index contributed by atoms with van der Waals surface area (Å²) in [6, 6.07) is 11.1. The highest BCUT2D eigenvalue weighted by Gasteiger charge is 2.12. The van der Waals surface area contributed by atoms with E-state index in [1.165, 1.54) is 12.1 Å². The Kier molecular flexibility index (Phi) is 4.24. The number of nitrogens with one attached hydrogen (secondary N) is 2. The van der Waals surface area contributed by atoms with Crippen molar-refractivity contribution in [2.45, 2.75) is 6.42 Å². The van der Waals surface area contributed by atoms with E-state index in [0.29, 0.717) is 11.3 Å². The van der Waals surface area contributed by atoms with Crippen molar-refractivity contribution in [1.82, 2.24) is 15.5 Å². The summed E-state index contributed by atoms with van der Waals surface area (Å²) in [7, 11) is 0. The predicted molar refractivity (Wildman–Crippen MR) is 87.6 cm³/mol. The molecule has 0 saturated heterocycles. The van der Waals surface area contributed by atoms with E-state index in [0.717, 1.165) is 16.5 Å². The maximum Gasteiger partial charge on any atom is 0.251 e. The monoisotopic (exact) mass is 326 g/mol. The summed E-state index contributed by atoms with van der Waals surface area (Å²) in [6.07, 6.45) is 0.0839. The lowest BCUT2D eigenvalue weighted by Gasteiger charge is -2.04. The van der Waals surface area contributed by atoms with Crippen molar-refractivity contribution in [3.8, 4) is 11.3 Å². The van der Waals surface area contributed by atoms with E-state index in [4.69, 9.17) is 5.73 Å². The Balaban J connectivity index is 1.89. The average molecular weight is 326 g/mol. The Morgan fingerprint density at radius 2 is 1.92 bits per heavy atom. The van der Waals surface area contributed by atoms with Crippen LogP contribution in [0.5, 0.6) is 0 Å². The van der Waals surface area contributed by atoms with Gasteiger partial charge in [0.1, 0.15) is 5.82 Å². The van der Waals surface area contributed by atoms with Gasteiger partial charge in [-0.15, -0.1) is 0 Å². The van der Waals surface area contributed by atoms with Crippen LogP contribution in [-0.4, -0.2) is 28.6 Å². The maximum absolute atomic E-state index is 13.1. The molecule has 6 nitrogen and oxygen atoms in total. The minimum Gasteiger partial charge on any atom is -0.370 e. The molecule has 0 spiro atoms. The molecular formula is C17H15FN4O2. The van der Waals surface area contributed by atoms with E-state index in [1.807, 2.05) is 0 Å². The standard InChI is InChI=1S/C17H15FN4O2/c18-12-4-1-10(2-5-12)16-13-9-11(3-6-14(13)21-22-16)17(24)20-8-7-15(19)23/h1-6,9H,7-8H2,(H2,19,23)(H,20,24)(H,21,22). The van der Waals surface area contributed by atoms with Crippen molar-refractivity contribution in [3.05, 3.63) is 53.8 Å². The van der Waals surface area contributed by atoms with Crippen molar-refractivity contribution in [3.63, 3.8) is 0 Å². The van der Waals surface area contributed by atoms with E-state index >= 15 is 0 Å². The number of primary amides is 1. The summed E-state index contributed by atoms with van der Waals surface area (Å²) < 4.78 is 13.1. The van der Waals surface area contributed by atoms with Crippen LogP contribution in [0.4, 0.5) is 4.39 Å². The predicted octanol–water partition coefficient (Wildman–Crippen LogP) is 1.97. The maximum atomic E-state index is 13.1. The number of hydrogen-bond donors (Lipinski definition) is 3. The molecule has 0 unspecified atom stereocenters. The minimum absolute atomic E-state index is 0.0839. The number of H-pyrrole nitrogens is 1. The molecule has 0 fully saturated rings. The van der Waals surface area contributed by atoms with E-state index in [1.54, 1.807) is 30.3 Å². The van der Waals surface area contributed by atoms with E-state index < -0.39 is 5.91 Å². The zero-order valence-electron chi connectivity index (χ0n) is 12.7. The van der Waals surface area contributed by atoms with Crippen LogP contribution in [-0.2, 0) is 4.79 Å². The van der Waals surface area contributed by atoms with Gasteiger partial charge in [0.15, 0.2) is 0 Å². The lowest BCUT2D eigenvalue weighted by atomic mass is 10.1. The first-order valence-electron chi connectivity index (χ1n) is 7.35. The van der Waals surface area contributed by atoms with Crippen LogP contribution in [0.25, 0.3) is 22.2 Å². The summed E-state index contributed by atoms with van der Waals surface area (Å²) in [4.78, 5) is 22.9. The second-order valence-corrected chi connectivity index (χ2v) is 5.31. The van der Waals surface area contributed by atoms with Crippen LogP contribution in [0.15, 0.2) is 42.5 Å². The van der Waals surface area contributed by atoms with Gasteiger partial charge < -0.3 is 11.1 Å². The molecule has 1 heterocycles. The molecular weight excluding hydrogens is 311 g/mol. The van der Waals surface area contributed by atoms with Gasteiger partial charge in [0.25, 0.3) is 5.91 Å². The molecule has 0 aliphatic carbocycles. The third kappa shape index (κ3) is 3.24. The SMILES string of the molecule is NC(=O)CCNC(=O)c1ccc2[nH]nc(-c3ccc(F)cc3)c2c1. The number of carbonyl (C=O) groups excluding carboxylic acids is 2. The number of halogens is 1. The molecule has 24 heavy (non-hydrogen) atoms. The summed E-state index contributed by atoms with van der Waals surface area (Å²) in [5.41, 5.74) is 7.63. The molecule has 3 rings (SSSR count). The normalized spacial score (nSPS) is 10.7. The van der Waals surface area contributed by atoms with E-state index in [-0.39, 0.29) is 24.7 Å². The van der Waals surface area contributed by atoms with E-state index in [9.17, 15) is 14.0 Å². The van der Waals surface area contributed by atoms with Crippen molar-refractivity contribution in [2.75, 3.05) is 6.54 Å². The number of nitrogens with two attached hydrogens (primary N) is 1. The second kappa shape index (κ2) is 6.49. The molecule has 0 aliphatic heterocycles. The van der Waals surface area contributed by atoms with Gasteiger partial charge in [-0.2, -0.15) is 5.10 Å². The summed E-state index contributed by atoms with van der Waals surface area (Å²) in [6.45, 7) is 0.183. The van der Waals surface area contributed by atoms with Crippen molar-refractivity contribution >= 4 is 22.7 Å². The number of benzene rings is 2. The Hall–Kier alpha value is -3.22. The lowest BCUT2D eigenvalue weighted by Crippen LogP contribution is -2.27. The molecule has 0 aliphatic rings. The molecule has 1 aromatic heterocycles. The highest BCUT2D eigenvalue weighted by Crippen LogP contribution is 2.27. The first-order chi connectivity index (χ1) is 11.5. The fourth-order valence-corrected chi connectivity index (χ4v) is 2.38. The third-order valence-electron chi connectivity index (χ3n) is 3.60. The smallest absolute Gasteiger partial charge is 0.251 e. The molecule has 7 heteroatoms. The molecule has 2 aromatic carbocycles. The molecule has 0 bridgehead atoms. The van der Waals surface area contributed by atoms with Gasteiger partial charge >= 0.3 is 0 Å². The third-order valence-corrected chi connectivity index (χ3v) is 3.60. The molecule has 2 amide bonds. The summed E-state index contributed by atoms with van der Waals surface area (Å²) >= 11 is 0. The van der Waals surface area contributed by atoms with Crippen LogP contribution in [0, 0.1) is 5.82 Å². The first kappa shape index (κ1) is 15.7. The number of aromatic amines is 1. The molecule has 3 aromatic rings. The number of nitrogens with zero attached hydrogens (tertiary/aromatic N) is 1. The number of aromatic nitrogens is 2. The van der Waals surface area contributed by atoms with Gasteiger partial charge in [0.2, 0.25) is 5.91 Å². The molecule has 0 saturated carbocycles. The van der Waals surface area contributed by atoms with Crippen LogP contribution in [0.2, 0.25) is 0 Å². The van der Waals surface area contributed by atoms with Crippen LogP contribution in [0.3, 0.4) is 0 Å². The van der Waals surface area contributed by atoms with Gasteiger partial charge in [-0.05, 0) is 42.5 Å². The van der Waals surface area contributed by atoms with Gasteiger partial charge in [0.05, 0.1) is 11.2 Å². The van der Waals surface area contributed by atoms with Crippen LogP contribution >= 0.6 is 0 Å². The fraction of sp³-hybridized carbons (Fsp3) is 0.118. The average Bonchev–Trinajstić information content (AvgIpc) is 2.98. The fourth-order valence-electron chi connectivity index (χ4n) is 2.38. The second-order valence-electron chi connectivity index (χ2n) is 5.31. The Bertz CT molecular complexity index is 903. The Morgan fingerprint density at radius 1 is 1.17 bits per heavy atom. The molecule has 122 valence electrons. The minimum atomic E-state index is -0.473. The van der Waals surface area contributed by atoms with Crippen molar-refractivity contribution in [1.29, 1.82) is 0 Å². The van der Waals surface area contributed by atoms with E-state index in [2.05, 4.69) is 15.5 Å². The zero-order chi connectivity index (χ0) is 17.1. The van der Waals surface area contributed by atoms with Gasteiger partial charge in [-0.3, -0.25) is 14.7 Å². The number of carbonyl (C=O) groups is 2. The number of hydrogen-bond acceptors (Lipinski definition) is 3. The molecule has 0 radical (unpaired) electrons. The molecule has 0 atom stereocenters. The van der Waals surface area contributed by atoms with Gasteiger partial charge in [0, 0.05) is 29.5 Å². The van der Waals surface area contributed by atoms with Crippen LogP contribution < -0.4 is 11.1 Å². The highest BCUT2D eigenvalue weighted by atomic mass is 19.1. The quantitative estimate of drug-likeness (QED) is 0.668. The largest absolute Gasteiger partial charge is 0.370 e. The van der Waals surface area contributed by atoms with Gasteiger partial charge in [-0.1, -0.05) is 0 Å².